The molecule has 15 heavy (non-hydrogen) atoms. The van der Waals surface area contributed by atoms with Crippen LogP contribution < -0.4 is 0 Å². The van der Waals surface area contributed by atoms with Crippen molar-refractivity contribution >= 4 is 11.8 Å². The molecular weight excluding hydrogens is 192 g/mol. The van der Waals surface area contributed by atoms with Crippen LogP contribution in [0.2, 0.25) is 0 Å². The molecule has 3 nitrogen and oxygen atoms in total. The molecule has 0 bridgehead atoms. The third-order valence-electron chi connectivity index (χ3n) is 2.37. The first-order valence-electron chi connectivity index (χ1n) is 5.77. The fourth-order valence-electron chi connectivity index (χ4n) is 1.43. The number of rotatable bonds is 8. The Labute approximate surface area is 92.2 Å². The molecular formula is C12H22O3. The number of ketones is 1. The summed E-state index contributed by atoms with van der Waals surface area (Å²) in [7, 11) is 0. The molecule has 0 spiro atoms. The molecule has 0 heterocycles. The minimum Gasteiger partial charge on any atom is -0.466 e. The van der Waals surface area contributed by atoms with Crippen molar-refractivity contribution in [3.8, 4) is 0 Å². The highest BCUT2D eigenvalue weighted by Gasteiger charge is 2.10. The van der Waals surface area contributed by atoms with E-state index in [9.17, 15) is 9.59 Å². The van der Waals surface area contributed by atoms with E-state index in [4.69, 9.17) is 4.74 Å². The summed E-state index contributed by atoms with van der Waals surface area (Å²) in [6, 6.07) is 0. The van der Waals surface area contributed by atoms with E-state index in [-0.39, 0.29) is 5.97 Å². The van der Waals surface area contributed by atoms with Crippen LogP contribution in [0.1, 0.15) is 52.9 Å². The number of esters is 1. The van der Waals surface area contributed by atoms with Crippen molar-refractivity contribution in [1.82, 2.24) is 0 Å². The lowest BCUT2D eigenvalue weighted by molar-refractivity contribution is -0.144. The summed E-state index contributed by atoms with van der Waals surface area (Å²) in [5.41, 5.74) is 0. The summed E-state index contributed by atoms with van der Waals surface area (Å²) in [6.07, 6.45) is 3.53. The van der Waals surface area contributed by atoms with E-state index in [0.29, 0.717) is 37.6 Å². The topological polar surface area (TPSA) is 43.4 Å². The van der Waals surface area contributed by atoms with Crippen LogP contribution in [0.4, 0.5) is 0 Å². The minimum absolute atomic E-state index is 0.133. The highest BCUT2D eigenvalue weighted by atomic mass is 16.5. The molecule has 3 heteroatoms. The van der Waals surface area contributed by atoms with Crippen LogP contribution in [-0.4, -0.2) is 18.4 Å². The molecule has 0 aliphatic heterocycles. The predicted octanol–water partition coefficient (Wildman–Crippen LogP) is 2.73. The van der Waals surface area contributed by atoms with Crippen molar-refractivity contribution in [1.29, 1.82) is 0 Å². The molecule has 0 rings (SSSR count). The summed E-state index contributed by atoms with van der Waals surface area (Å²) in [4.78, 5) is 22.1. The van der Waals surface area contributed by atoms with Crippen molar-refractivity contribution in [2.75, 3.05) is 6.61 Å². The van der Waals surface area contributed by atoms with E-state index in [2.05, 4.69) is 0 Å². The summed E-state index contributed by atoms with van der Waals surface area (Å²) in [5, 5.41) is 0. The number of hydrogen-bond donors (Lipinski definition) is 0. The zero-order chi connectivity index (χ0) is 11.7. The standard InChI is InChI=1S/C12H22O3/c1-4-11(13)8-6-7-10(3)9-12(14)15-5-2/h10H,4-9H2,1-3H3. The van der Waals surface area contributed by atoms with Gasteiger partial charge in [-0.3, -0.25) is 9.59 Å². The molecule has 0 aliphatic carbocycles. The first kappa shape index (κ1) is 14.1. The first-order valence-corrected chi connectivity index (χ1v) is 5.77. The van der Waals surface area contributed by atoms with Crippen LogP contribution in [0.5, 0.6) is 0 Å². The lowest BCUT2D eigenvalue weighted by Crippen LogP contribution is -2.09. The van der Waals surface area contributed by atoms with Crippen molar-refractivity contribution in [3.05, 3.63) is 0 Å². The Hall–Kier alpha value is -0.860. The van der Waals surface area contributed by atoms with Crippen LogP contribution in [0.15, 0.2) is 0 Å². The Morgan fingerprint density at radius 2 is 1.93 bits per heavy atom. The second-order valence-electron chi connectivity index (χ2n) is 3.90. The van der Waals surface area contributed by atoms with Gasteiger partial charge in [0.15, 0.2) is 0 Å². The SMILES string of the molecule is CCOC(=O)CC(C)CCCC(=O)CC. The maximum atomic E-state index is 11.1. The number of ether oxygens (including phenoxy) is 1. The fourth-order valence-corrected chi connectivity index (χ4v) is 1.43. The van der Waals surface area contributed by atoms with E-state index in [1.54, 1.807) is 0 Å². The average Bonchev–Trinajstić information content (AvgIpc) is 2.17. The molecule has 88 valence electrons. The number of Topliss-reactive ketones (excluding diaryl/α,β-unsaturated/α-hetero) is 1. The maximum Gasteiger partial charge on any atom is 0.306 e. The molecule has 0 N–H and O–H groups in total. The van der Waals surface area contributed by atoms with Crippen molar-refractivity contribution in [2.24, 2.45) is 5.92 Å². The van der Waals surface area contributed by atoms with Crippen LogP contribution in [0.3, 0.4) is 0 Å². The van der Waals surface area contributed by atoms with Crippen LogP contribution in [0, 0.1) is 5.92 Å². The van der Waals surface area contributed by atoms with Crippen molar-refractivity contribution < 1.29 is 14.3 Å². The molecule has 0 aromatic carbocycles. The summed E-state index contributed by atoms with van der Waals surface area (Å²) in [6.45, 7) is 6.15. The van der Waals surface area contributed by atoms with E-state index in [1.807, 2.05) is 20.8 Å². The van der Waals surface area contributed by atoms with Gasteiger partial charge in [0, 0.05) is 19.3 Å². The maximum absolute atomic E-state index is 11.1. The second-order valence-corrected chi connectivity index (χ2v) is 3.90. The van der Waals surface area contributed by atoms with Gasteiger partial charge < -0.3 is 4.74 Å². The first-order chi connectivity index (χ1) is 7.10. The Morgan fingerprint density at radius 3 is 2.47 bits per heavy atom. The molecule has 0 aromatic heterocycles. The summed E-state index contributed by atoms with van der Waals surface area (Å²) in [5.74, 6) is 0.485. The van der Waals surface area contributed by atoms with Gasteiger partial charge in [-0.05, 0) is 25.7 Å². The zero-order valence-electron chi connectivity index (χ0n) is 10.0. The molecule has 0 saturated heterocycles. The van der Waals surface area contributed by atoms with Crippen molar-refractivity contribution in [3.63, 3.8) is 0 Å². The quantitative estimate of drug-likeness (QED) is 0.583. The molecule has 0 radical (unpaired) electrons. The minimum atomic E-state index is -0.133. The molecule has 0 saturated carbocycles. The van der Waals surface area contributed by atoms with Gasteiger partial charge in [-0.2, -0.15) is 0 Å². The van der Waals surface area contributed by atoms with Gasteiger partial charge >= 0.3 is 5.97 Å². The van der Waals surface area contributed by atoms with E-state index < -0.39 is 0 Å². The second kappa shape index (κ2) is 8.45. The van der Waals surface area contributed by atoms with Gasteiger partial charge in [0.25, 0.3) is 0 Å². The molecule has 0 amide bonds. The fraction of sp³-hybridized carbons (Fsp3) is 0.833. The number of carbonyl (C=O) groups is 2. The average molecular weight is 214 g/mol. The molecule has 1 unspecified atom stereocenters. The van der Waals surface area contributed by atoms with Gasteiger partial charge in [-0.25, -0.2) is 0 Å². The van der Waals surface area contributed by atoms with Gasteiger partial charge in [-0.15, -0.1) is 0 Å². The lowest BCUT2D eigenvalue weighted by atomic mass is 9.99. The normalized spacial score (nSPS) is 12.2. The third kappa shape index (κ3) is 8.16. The van der Waals surface area contributed by atoms with Crippen molar-refractivity contribution in [2.45, 2.75) is 52.9 Å². The number of carbonyl (C=O) groups excluding carboxylic acids is 2. The molecule has 1 atom stereocenters. The monoisotopic (exact) mass is 214 g/mol. The van der Waals surface area contributed by atoms with Gasteiger partial charge in [0.1, 0.15) is 5.78 Å². The largest absolute Gasteiger partial charge is 0.466 e. The summed E-state index contributed by atoms with van der Waals surface area (Å²) < 4.78 is 4.86. The highest BCUT2D eigenvalue weighted by molar-refractivity contribution is 5.77. The van der Waals surface area contributed by atoms with E-state index in [0.717, 1.165) is 12.8 Å². The smallest absolute Gasteiger partial charge is 0.306 e. The zero-order valence-corrected chi connectivity index (χ0v) is 10.0. The Morgan fingerprint density at radius 1 is 1.27 bits per heavy atom. The lowest BCUT2D eigenvalue weighted by Gasteiger charge is -2.09. The molecule has 0 fully saturated rings. The third-order valence-corrected chi connectivity index (χ3v) is 2.37. The van der Waals surface area contributed by atoms with Crippen LogP contribution >= 0.6 is 0 Å². The Kier molecular flexibility index (Phi) is 7.96. The van der Waals surface area contributed by atoms with Gasteiger partial charge in [0.05, 0.1) is 6.61 Å². The van der Waals surface area contributed by atoms with Crippen LogP contribution in [-0.2, 0) is 14.3 Å². The van der Waals surface area contributed by atoms with Crippen LogP contribution in [0.25, 0.3) is 0 Å². The number of hydrogen-bond acceptors (Lipinski definition) is 3. The predicted molar refractivity (Wildman–Crippen MR) is 59.6 cm³/mol. The molecule has 0 aliphatic rings. The highest BCUT2D eigenvalue weighted by Crippen LogP contribution is 2.13. The van der Waals surface area contributed by atoms with E-state index >= 15 is 0 Å². The molecule has 0 aromatic rings. The van der Waals surface area contributed by atoms with Gasteiger partial charge in [-0.1, -0.05) is 13.8 Å². The van der Waals surface area contributed by atoms with Gasteiger partial charge in [0.2, 0.25) is 0 Å². The van der Waals surface area contributed by atoms with E-state index in [1.165, 1.54) is 0 Å². The Bertz CT molecular complexity index is 199. The summed E-state index contributed by atoms with van der Waals surface area (Å²) >= 11 is 0. The Balaban J connectivity index is 3.52.